The van der Waals surface area contributed by atoms with E-state index in [9.17, 15) is 5.26 Å². The maximum absolute atomic E-state index is 9.73. The summed E-state index contributed by atoms with van der Waals surface area (Å²) in [5.41, 5.74) is 7.85. The summed E-state index contributed by atoms with van der Waals surface area (Å²) in [6.45, 7) is 18.6. The SMILES string of the molecule is CCC1(C)c2cc(C(C)(C)C)ccc2N2c3ccc(C#N)nc3N(c3ccccc3C)C2C1(C)CC. The molecule has 0 fully saturated rings. The van der Waals surface area contributed by atoms with Crippen molar-refractivity contribution in [3.05, 3.63) is 77.0 Å². The number of hydrogen-bond acceptors (Lipinski definition) is 4. The van der Waals surface area contributed by atoms with Crippen molar-refractivity contribution >= 4 is 22.9 Å². The summed E-state index contributed by atoms with van der Waals surface area (Å²) in [5.74, 6) is 0.874. The van der Waals surface area contributed by atoms with Crippen molar-refractivity contribution in [3.63, 3.8) is 0 Å². The van der Waals surface area contributed by atoms with Crippen LogP contribution in [-0.4, -0.2) is 11.1 Å². The van der Waals surface area contributed by atoms with E-state index in [4.69, 9.17) is 4.98 Å². The van der Waals surface area contributed by atoms with Gasteiger partial charge in [-0.1, -0.05) is 78.8 Å². The van der Waals surface area contributed by atoms with Gasteiger partial charge in [-0.25, -0.2) is 4.98 Å². The van der Waals surface area contributed by atoms with Crippen molar-refractivity contribution in [3.8, 4) is 6.07 Å². The molecule has 1 aromatic heterocycles. The lowest BCUT2D eigenvalue weighted by molar-refractivity contribution is 0.0963. The molecule has 2 aliphatic heterocycles. The van der Waals surface area contributed by atoms with Crippen LogP contribution in [0.5, 0.6) is 0 Å². The molecular formula is C32H38N4. The number of benzene rings is 2. The number of nitrogens with zero attached hydrogens (tertiary/aromatic N) is 4. The van der Waals surface area contributed by atoms with Crippen molar-refractivity contribution in [1.29, 1.82) is 5.26 Å². The Bertz CT molecular complexity index is 1380. The fourth-order valence-electron chi connectivity index (χ4n) is 6.56. The lowest BCUT2D eigenvalue weighted by Gasteiger charge is -2.59. The summed E-state index contributed by atoms with van der Waals surface area (Å²) >= 11 is 0. The summed E-state index contributed by atoms with van der Waals surface area (Å²) in [7, 11) is 0. The molecule has 186 valence electrons. The van der Waals surface area contributed by atoms with Gasteiger partial charge in [0.1, 0.15) is 17.9 Å². The van der Waals surface area contributed by atoms with Crippen molar-refractivity contribution in [2.24, 2.45) is 5.41 Å². The third-order valence-electron chi connectivity index (χ3n) is 9.31. The summed E-state index contributed by atoms with van der Waals surface area (Å²) in [6.07, 6.45) is 2.09. The monoisotopic (exact) mass is 478 g/mol. The van der Waals surface area contributed by atoms with Crippen LogP contribution in [0.2, 0.25) is 0 Å². The maximum atomic E-state index is 9.73. The topological polar surface area (TPSA) is 43.2 Å². The molecule has 36 heavy (non-hydrogen) atoms. The van der Waals surface area contributed by atoms with Crippen LogP contribution in [0.15, 0.2) is 54.6 Å². The molecule has 2 aromatic carbocycles. The van der Waals surface area contributed by atoms with E-state index in [1.54, 1.807) is 0 Å². The second kappa shape index (κ2) is 8.10. The van der Waals surface area contributed by atoms with E-state index < -0.39 is 0 Å². The van der Waals surface area contributed by atoms with Gasteiger partial charge in [0.2, 0.25) is 0 Å². The Morgan fingerprint density at radius 3 is 2.22 bits per heavy atom. The minimum Gasteiger partial charge on any atom is -0.316 e. The number of anilines is 4. The molecule has 0 spiro atoms. The van der Waals surface area contributed by atoms with E-state index in [0.29, 0.717) is 5.69 Å². The number of hydrogen-bond donors (Lipinski definition) is 0. The van der Waals surface area contributed by atoms with Gasteiger partial charge in [-0.2, -0.15) is 5.26 Å². The van der Waals surface area contributed by atoms with Gasteiger partial charge in [-0.3, -0.25) is 0 Å². The Morgan fingerprint density at radius 1 is 0.917 bits per heavy atom. The molecule has 0 bridgehead atoms. The third kappa shape index (κ3) is 3.15. The molecule has 3 unspecified atom stereocenters. The Morgan fingerprint density at radius 2 is 1.61 bits per heavy atom. The second-order valence-corrected chi connectivity index (χ2v) is 12.0. The van der Waals surface area contributed by atoms with E-state index in [2.05, 4.69) is 120 Å². The van der Waals surface area contributed by atoms with Gasteiger partial charge < -0.3 is 9.80 Å². The fraction of sp³-hybridized carbons (Fsp3) is 0.438. The van der Waals surface area contributed by atoms with Crippen LogP contribution >= 0.6 is 0 Å². The number of aromatic nitrogens is 1. The van der Waals surface area contributed by atoms with Gasteiger partial charge in [0.05, 0.1) is 5.69 Å². The first-order valence-corrected chi connectivity index (χ1v) is 13.2. The molecule has 4 heteroatoms. The molecule has 3 heterocycles. The number of aryl methyl sites for hydroxylation is 1. The number of fused-ring (bicyclic) bond motifs is 5. The number of nitriles is 1. The van der Waals surface area contributed by atoms with Crippen LogP contribution in [-0.2, 0) is 10.8 Å². The zero-order valence-corrected chi connectivity index (χ0v) is 23.0. The number of rotatable bonds is 3. The minimum atomic E-state index is -0.0962. The zero-order chi connectivity index (χ0) is 26.0. The Kier molecular flexibility index (Phi) is 5.48. The van der Waals surface area contributed by atoms with Crippen LogP contribution in [0.3, 0.4) is 0 Å². The average Bonchev–Trinajstić information content (AvgIpc) is 3.21. The molecule has 0 saturated heterocycles. The maximum Gasteiger partial charge on any atom is 0.160 e. The molecule has 2 aliphatic rings. The zero-order valence-electron chi connectivity index (χ0n) is 23.0. The molecule has 0 saturated carbocycles. The molecule has 0 radical (unpaired) electrons. The standard InChI is InChI=1S/C32H38N4/c1-9-31(7)24-19-22(30(4,5)6)15-17-26(24)35-27-18-16-23(20-33)34-28(27)36(29(35)32(31,8)10-2)25-14-12-11-13-21(25)3/h11-19,29H,9-10H2,1-8H3. The number of para-hydroxylation sites is 1. The molecule has 3 aromatic rings. The fourth-order valence-corrected chi connectivity index (χ4v) is 6.56. The van der Waals surface area contributed by atoms with Crippen molar-refractivity contribution in [2.45, 2.75) is 85.2 Å². The van der Waals surface area contributed by atoms with Gasteiger partial charge in [-0.05, 0) is 66.1 Å². The van der Waals surface area contributed by atoms with Crippen molar-refractivity contribution < 1.29 is 0 Å². The predicted octanol–water partition coefficient (Wildman–Crippen LogP) is 8.27. The quantitative estimate of drug-likeness (QED) is 0.380. The van der Waals surface area contributed by atoms with E-state index in [0.717, 1.165) is 30.0 Å². The summed E-state index contributed by atoms with van der Waals surface area (Å²) in [6, 6.07) is 21.9. The van der Waals surface area contributed by atoms with E-state index in [1.165, 1.54) is 22.4 Å². The normalized spacial score (nSPS) is 24.7. The highest BCUT2D eigenvalue weighted by atomic mass is 15.5. The number of pyridine rings is 1. The highest BCUT2D eigenvalue weighted by Gasteiger charge is 2.61. The average molecular weight is 479 g/mol. The molecule has 5 rings (SSSR count). The van der Waals surface area contributed by atoms with Gasteiger partial charge in [0.15, 0.2) is 5.82 Å². The van der Waals surface area contributed by atoms with Crippen LogP contribution in [0.4, 0.5) is 22.9 Å². The van der Waals surface area contributed by atoms with Crippen LogP contribution in [0.25, 0.3) is 0 Å². The first kappa shape index (κ1) is 24.4. The highest BCUT2D eigenvalue weighted by molar-refractivity contribution is 5.90. The van der Waals surface area contributed by atoms with Crippen LogP contribution in [0.1, 0.15) is 83.7 Å². The highest BCUT2D eigenvalue weighted by Crippen LogP contribution is 2.64. The minimum absolute atomic E-state index is 0.0398. The summed E-state index contributed by atoms with van der Waals surface area (Å²) in [4.78, 5) is 9.85. The lowest BCUT2D eigenvalue weighted by atomic mass is 9.54. The molecule has 0 amide bonds. The first-order valence-electron chi connectivity index (χ1n) is 13.2. The van der Waals surface area contributed by atoms with E-state index >= 15 is 0 Å². The first-order chi connectivity index (χ1) is 17.0. The molecule has 4 nitrogen and oxygen atoms in total. The van der Waals surface area contributed by atoms with Crippen LogP contribution in [0, 0.1) is 23.7 Å². The summed E-state index contributed by atoms with van der Waals surface area (Å²) < 4.78 is 0. The molecular weight excluding hydrogens is 440 g/mol. The largest absolute Gasteiger partial charge is 0.316 e. The van der Waals surface area contributed by atoms with Crippen molar-refractivity contribution in [2.75, 3.05) is 9.80 Å². The summed E-state index contributed by atoms with van der Waals surface area (Å²) in [5, 5.41) is 9.73. The smallest absolute Gasteiger partial charge is 0.160 e. The molecule has 3 atom stereocenters. The molecule has 0 aliphatic carbocycles. The van der Waals surface area contributed by atoms with Gasteiger partial charge in [0, 0.05) is 22.2 Å². The third-order valence-corrected chi connectivity index (χ3v) is 9.31. The Hall–Kier alpha value is -3.32. The second-order valence-electron chi connectivity index (χ2n) is 12.0. The van der Waals surface area contributed by atoms with Gasteiger partial charge >= 0.3 is 0 Å². The Labute approximate surface area is 216 Å². The Balaban J connectivity index is 1.89. The van der Waals surface area contributed by atoms with Gasteiger partial charge in [0.25, 0.3) is 0 Å². The van der Waals surface area contributed by atoms with Crippen molar-refractivity contribution in [1.82, 2.24) is 4.98 Å². The van der Waals surface area contributed by atoms with Crippen LogP contribution < -0.4 is 9.80 Å². The predicted molar refractivity (Wildman–Crippen MR) is 149 cm³/mol. The lowest BCUT2D eigenvalue weighted by Crippen LogP contribution is -2.62. The molecule has 0 N–H and O–H groups in total. The van der Waals surface area contributed by atoms with E-state index in [-0.39, 0.29) is 22.4 Å². The van der Waals surface area contributed by atoms with E-state index in [1.807, 2.05) is 6.07 Å². The van der Waals surface area contributed by atoms with Gasteiger partial charge in [-0.15, -0.1) is 0 Å².